The van der Waals surface area contributed by atoms with Crippen LogP contribution >= 0.6 is 0 Å². The lowest BCUT2D eigenvalue weighted by Gasteiger charge is -2.17. The van der Waals surface area contributed by atoms with Crippen molar-refractivity contribution >= 4 is 23.3 Å². The van der Waals surface area contributed by atoms with Gasteiger partial charge in [-0.3, -0.25) is 13.9 Å². The summed E-state index contributed by atoms with van der Waals surface area (Å²) in [5.74, 6) is 1.08. The Labute approximate surface area is 173 Å². The summed E-state index contributed by atoms with van der Waals surface area (Å²) in [6, 6.07) is 7.58. The highest BCUT2D eigenvalue weighted by Gasteiger charge is 2.12. The van der Waals surface area contributed by atoms with Gasteiger partial charge in [-0.05, 0) is 42.9 Å². The van der Waals surface area contributed by atoms with Crippen LogP contribution in [-0.2, 0) is 14.1 Å². The molecule has 0 radical (unpaired) electrons. The van der Waals surface area contributed by atoms with E-state index < -0.39 is 11.2 Å². The summed E-state index contributed by atoms with van der Waals surface area (Å²) in [6.45, 7) is 7.84. The van der Waals surface area contributed by atoms with Gasteiger partial charge < -0.3 is 14.6 Å². The van der Waals surface area contributed by atoms with Crippen molar-refractivity contribution in [1.29, 1.82) is 0 Å². The Morgan fingerprint density at radius 2 is 1.87 bits per heavy atom. The lowest BCUT2D eigenvalue weighted by Crippen LogP contribution is -2.36. The number of hydrogen-bond donors (Lipinski definition) is 2. The zero-order valence-electron chi connectivity index (χ0n) is 17.7. The van der Waals surface area contributed by atoms with Gasteiger partial charge in [-0.15, -0.1) is 0 Å². The number of likely N-dealkylation sites (N-methyl/N-ethyl adjacent to an activating group) is 1. The van der Waals surface area contributed by atoms with Gasteiger partial charge >= 0.3 is 5.69 Å². The zero-order chi connectivity index (χ0) is 21.7. The molecule has 0 bridgehead atoms. The van der Waals surface area contributed by atoms with E-state index in [2.05, 4.69) is 39.2 Å². The highest BCUT2D eigenvalue weighted by molar-refractivity contribution is 5.80. The summed E-state index contributed by atoms with van der Waals surface area (Å²) in [5.41, 5.74) is 3.26. The van der Waals surface area contributed by atoms with Gasteiger partial charge in [-0.2, -0.15) is 10.1 Å². The van der Waals surface area contributed by atoms with Crippen LogP contribution in [0, 0.1) is 0 Å². The second-order valence-corrected chi connectivity index (χ2v) is 6.80. The minimum Gasteiger partial charge on any atom is -0.492 e. The van der Waals surface area contributed by atoms with Crippen LogP contribution in [0.25, 0.3) is 11.2 Å². The van der Waals surface area contributed by atoms with Crippen LogP contribution in [0.2, 0.25) is 0 Å². The minimum absolute atomic E-state index is 0.239. The second-order valence-electron chi connectivity index (χ2n) is 6.80. The lowest BCUT2D eigenvalue weighted by atomic mass is 10.2. The molecule has 2 N–H and O–H groups in total. The predicted molar refractivity (Wildman–Crippen MR) is 118 cm³/mol. The number of nitrogens with one attached hydrogen (secondary N) is 2. The highest BCUT2D eigenvalue weighted by atomic mass is 16.5. The number of benzene rings is 1. The number of hydrogen-bond acceptors (Lipinski definition) is 7. The number of ether oxygens (including phenoxy) is 1. The van der Waals surface area contributed by atoms with E-state index in [1.54, 1.807) is 13.3 Å². The number of anilines is 1. The van der Waals surface area contributed by atoms with E-state index in [0.717, 1.165) is 35.5 Å². The van der Waals surface area contributed by atoms with Gasteiger partial charge in [0.2, 0.25) is 5.95 Å². The number of hydrazone groups is 1. The van der Waals surface area contributed by atoms with Gasteiger partial charge in [0.1, 0.15) is 12.4 Å². The Morgan fingerprint density at radius 3 is 2.53 bits per heavy atom. The first kappa shape index (κ1) is 21.3. The Bertz CT molecular complexity index is 1140. The van der Waals surface area contributed by atoms with E-state index in [9.17, 15) is 9.59 Å². The summed E-state index contributed by atoms with van der Waals surface area (Å²) < 4.78 is 8.10. The number of aromatic nitrogens is 4. The molecule has 0 aliphatic carbocycles. The van der Waals surface area contributed by atoms with E-state index in [1.165, 1.54) is 11.6 Å². The number of fused-ring (bicyclic) bond motifs is 1. The Kier molecular flexibility index (Phi) is 6.68. The van der Waals surface area contributed by atoms with Gasteiger partial charge in [0.05, 0.1) is 6.21 Å². The molecule has 0 fully saturated rings. The maximum Gasteiger partial charge on any atom is 0.332 e. The molecular formula is C20H27N7O3. The standard InChI is InChI=1S/C20H27N7O3/c1-5-27(6-2)11-12-30-15-9-7-14(8-10-15)13-21-24-19-22-16-17(23-19)25(3)20(29)26(4)18(16)28/h7-10,13H,5-6,11-12H2,1-4H3,(H2,22,23,24)/b21-13-. The van der Waals surface area contributed by atoms with Gasteiger partial charge in [0, 0.05) is 20.6 Å². The molecule has 30 heavy (non-hydrogen) atoms. The van der Waals surface area contributed by atoms with Crippen molar-refractivity contribution in [3.05, 3.63) is 50.7 Å². The van der Waals surface area contributed by atoms with E-state index in [4.69, 9.17) is 4.74 Å². The van der Waals surface area contributed by atoms with Crippen LogP contribution in [0.4, 0.5) is 5.95 Å². The molecule has 1 aromatic carbocycles. The summed E-state index contributed by atoms with van der Waals surface area (Å²) in [6.07, 6.45) is 1.63. The average Bonchev–Trinajstić information content (AvgIpc) is 3.19. The van der Waals surface area contributed by atoms with Crippen molar-refractivity contribution < 1.29 is 4.74 Å². The molecule has 3 rings (SSSR count). The van der Waals surface area contributed by atoms with E-state index in [1.807, 2.05) is 24.3 Å². The fraction of sp³-hybridized carbons (Fsp3) is 0.400. The lowest BCUT2D eigenvalue weighted by molar-refractivity contribution is 0.223. The van der Waals surface area contributed by atoms with Crippen LogP contribution in [0.15, 0.2) is 39.0 Å². The SMILES string of the molecule is CCN(CC)CCOc1ccc(/C=N\Nc2nc3c([nH]2)c(=O)n(C)c(=O)n3C)cc1. The number of aryl methyl sites for hydroxylation is 1. The fourth-order valence-electron chi connectivity index (χ4n) is 3.03. The molecule has 0 amide bonds. The molecule has 0 saturated carbocycles. The van der Waals surface area contributed by atoms with Gasteiger partial charge in [-0.25, -0.2) is 10.2 Å². The Balaban J connectivity index is 1.62. The summed E-state index contributed by atoms with van der Waals surface area (Å²) in [4.78, 5) is 33.6. The van der Waals surface area contributed by atoms with Crippen LogP contribution < -0.4 is 21.4 Å². The predicted octanol–water partition coefficient (Wildman–Crippen LogP) is 1.13. The number of nitrogens with zero attached hydrogens (tertiary/aromatic N) is 5. The molecule has 0 saturated heterocycles. The van der Waals surface area contributed by atoms with Crippen molar-refractivity contribution in [3.8, 4) is 5.75 Å². The third kappa shape index (κ3) is 4.60. The number of aromatic amines is 1. The van der Waals surface area contributed by atoms with Crippen molar-refractivity contribution in [2.45, 2.75) is 13.8 Å². The van der Waals surface area contributed by atoms with Crippen LogP contribution in [0.3, 0.4) is 0 Å². The van der Waals surface area contributed by atoms with Crippen molar-refractivity contribution in [1.82, 2.24) is 24.0 Å². The van der Waals surface area contributed by atoms with E-state index >= 15 is 0 Å². The molecule has 10 nitrogen and oxygen atoms in total. The molecule has 0 spiro atoms. The molecular weight excluding hydrogens is 386 g/mol. The largest absolute Gasteiger partial charge is 0.492 e. The summed E-state index contributed by atoms with van der Waals surface area (Å²) in [5, 5.41) is 4.14. The number of H-pyrrole nitrogens is 1. The smallest absolute Gasteiger partial charge is 0.332 e. The van der Waals surface area contributed by atoms with Crippen LogP contribution in [0.5, 0.6) is 5.75 Å². The molecule has 10 heteroatoms. The number of rotatable bonds is 9. The average molecular weight is 413 g/mol. The first-order valence-corrected chi connectivity index (χ1v) is 9.84. The zero-order valence-corrected chi connectivity index (χ0v) is 17.7. The first-order valence-electron chi connectivity index (χ1n) is 9.84. The van der Waals surface area contributed by atoms with Gasteiger partial charge in [-0.1, -0.05) is 13.8 Å². The van der Waals surface area contributed by atoms with Gasteiger partial charge in [0.15, 0.2) is 11.2 Å². The summed E-state index contributed by atoms with van der Waals surface area (Å²) in [7, 11) is 2.98. The molecule has 0 aliphatic rings. The molecule has 3 aromatic rings. The van der Waals surface area contributed by atoms with Crippen LogP contribution in [0.1, 0.15) is 19.4 Å². The van der Waals surface area contributed by atoms with Crippen molar-refractivity contribution in [2.24, 2.45) is 19.2 Å². The molecule has 160 valence electrons. The molecule has 0 unspecified atom stereocenters. The third-order valence-electron chi connectivity index (χ3n) is 4.93. The number of imidazole rings is 1. The quantitative estimate of drug-likeness (QED) is 0.402. The minimum atomic E-state index is -0.437. The second kappa shape index (κ2) is 9.40. The molecule has 2 heterocycles. The third-order valence-corrected chi connectivity index (χ3v) is 4.93. The van der Waals surface area contributed by atoms with Crippen molar-refractivity contribution in [2.75, 3.05) is 31.7 Å². The van der Waals surface area contributed by atoms with Crippen LogP contribution in [-0.4, -0.2) is 56.5 Å². The van der Waals surface area contributed by atoms with E-state index in [0.29, 0.717) is 6.61 Å². The maximum absolute atomic E-state index is 12.2. The highest BCUT2D eigenvalue weighted by Crippen LogP contribution is 2.12. The summed E-state index contributed by atoms with van der Waals surface area (Å²) >= 11 is 0. The fourth-order valence-corrected chi connectivity index (χ4v) is 3.03. The first-order chi connectivity index (χ1) is 14.4. The molecule has 2 aromatic heterocycles. The Morgan fingerprint density at radius 1 is 1.17 bits per heavy atom. The normalized spacial score (nSPS) is 11.6. The Hall–Kier alpha value is -3.40. The monoisotopic (exact) mass is 413 g/mol. The molecule has 0 aliphatic heterocycles. The van der Waals surface area contributed by atoms with E-state index in [-0.39, 0.29) is 17.1 Å². The molecule has 0 atom stereocenters. The topological polar surface area (TPSA) is 110 Å². The van der Waals surface area contributed by atoms with Gasteiger partial charge in [0.25, 0.3) is 5.56 Å². The van der Waals surface area contributed by atoms with Crippen molar-refractivity contribution in [3.63, 3.8) is 0 Å². The maximum atomic E-state index is 12.2.